The number of para-hydroxylation sites is 1. The Labute approximate surface area is 219 Å². The molecule has 1 fully saturated rings. The van der Waals surface area contributed by atoms with Crippen molar-refractivity contribution in [1.29, 1.82) is 0 Å². The predicted octanol–water partition coefficient (Wildman–Crippen LogP) is 2.50. The van der Waals surface area contributed by atoms with Crippen LogP contribution in [0.5, 0.6) is 0 Å². The summed E-state index contributed by atoms with van der Waals surface area (Å²) in [4.78, 5) is 56.0. The zero-order valence-corrected chi connectivity index (χ0v) is 21.5. The van der Waals surface area contributed by atoms with E-state index in [2.05, 4.69) is 10.3 Å². The van der Waals surface area contributed by atoms with Crippen LogP contribution in [0.4, 0.5) is 0 Å². The first-order valence-electron chi connectivity index (χ1n) is 12.7. The van der Waals surface area contributed by atoms with Crippen LogP contribution >= 0.6 is 0 Å². The second kappa shape index (κ2) is 10.6. The number of benzene rings is 2. The van der Waals surface area contributed by atoms with Gasteiger partial charge in [-0.3, -0.25) is 19.2 Å². The molecule has 0 unspecified atom stereocenters. The first-order chi connectivity index (χ1) is 18.3. The first-order valence-corrected chi connectivity index (χ1v) is 12.7. The highest BCUT2D eigenvalue weighted by molar-refractivity contribution is 6.45. The molecule has 3 heterocycles. The van der Waals surface area contributed by atoms with Gasteiger partial charge in [0.15, 0.2) is 0 Å². The number of rotatable bonds is 7. The lowest BCUT2D eigenvalue weighted by molar-refractivity contribution is -0.135. The number of fused-ring (bicyclic) bond motifs is 2. The van der Waals surface area contributed by atoms with E-state index in [9.17, 15) is 19.2 Å². The molecule has 1 saturated heterocycles. The number of aromatic amines is 1. The Morgan fingerprint density at radius 1 is 1.05 bits per heavy atom. The lowest BCUT2D eigenvalue weighted by atomic mass is 10.0. The second-order valence-corrected chi connectivity index (χ2v) is 9.61. The minimum Gasteiger partial charge on any atom is -0.378 e. The van der Waals surface area contributed by atoms with Crippen LogP contribution in [0.1, 0.15) is 27.0 Å². The largest absolute Gasteiger partial charge is 0.378 e. The van der Waals surface area contributed by atoms with Crippen molar-refractivity contribution in [3.05, 3.63) is 81.3 Å². The topological polar surface area (TPSA) is 114 Å². The molecule has 1 aliphatic heterocycles. The molecule has 2 aromatic heterocycles. The van der Waals surface area contributed by atoms with Gasteiger partial charge in [0.2, 0.25) is 5.91 Å². The molecule has 0 aliphatic carbocycles. The Bertz CT molecular complexity index is 1610. The van der Waals surface area contributed by atoms with Crippen LogP contribution in [0, 0.1) is 13.8 Å². The molecule has 2 amide bonds. The van der Waals surface area contributed by atoms with Gasteiger partial charge in [-0.05, 0) is 48.9 Å². The van der Waals surface area contributed by atoms with E-state index >= 15 is 0 Å². The summed E-state index contributed by atoms with van der Waals surface area (Å²) >= 11 is 0. The number of Topliss-reactive ketones (excluding diaryl/α,β-unsaturated/α-hetero) is 1. The molecular weight excluding hydrogens is 484 g/mol. The molecular formula is C29H30N4O5. The molecule has 0 bridgehead atoms. The summed E-state index contributed by atoms with van der Waals surface area (Å²) in [6.45, 7) is 6.24. The normalized spacial score (nSPS) is 13.7. The lowest BCUT2D eigenvalue weighted by Gasteiger charge is -2.27. The number of carbonyl (C=O) groups excluding carboxylic acids is 3. The number of aryl methyl sites for hydroxylation is 2. The minimum atomic E-state index is -0.754. The van der Waals surface area contributed by atoms with Crippen LogP contribution < -0.4 is 10.9 Å². The zero-order chi connectivity index (χ0) is 26.8. The van der Waals surface area contributed by atoms with Gasteiger partial charge >= 0.3 is 0 Å². The van der Waals surface area contributed by atoms with Crippen LogP contribution in [-0.2, 0) is 27.3 Å². The number of hydrogen-bond acceptors (Lipinski definition) is 5. The van der Waals surface area contributed by atoms with Gasteiger partial charge in [0, 0.05) is 42.3 Å². The van der Waals surface area contributed by atoms with Crippen molar-refractivity contribution in [1.82, 2.24) is 19.8 Å². The van der Waals surface area contributed by atoms with Crippen molar-refractivity contribution in [2.45, 2.75) is 26.8 Å². The predicted molar refractivity (Wildman–Crippen MR) is 144 cm³/mol. The number of ether oxygens (including phenoxy) is 1. The number of nitrogens with one attached hydrogen (secondary N) is 2. The van der Waals surface area contributed by atoms with E-state index in [1.807, 2.05) is 44.2 Å². The van der Waals surface area contributed by atoms with Crippen molar-refractivity contribution < 1.29 is 19.1 Å². The maximum atomic E-state index is 13.1. The van der Waals surface area contributed by atoms with E-state index in [0.29, 0.717) is 42.8 Å². The number of pyridine rings is 1. The van der Waals surface area contributed by atoms with Crippen LogP contribution in [0.15, 0.2) is 53.5 Å². The summed E-state index contributed by atoms with van der Waals surface area (Å²) < 4.78 is 7.03. The van der Waals surface area contributed by atoms with Gasteiger partial charge in [0.25, 0.3) is 17.2 Å². The number of carbonyl (C=O) groups is 3. The molecule has 196 valence electrons. The van der Waals surface area contributed by atoms with Crippen LogP contribution in [-0.4, -0.2) is 64.9 Å². The monoisotopic (exact) mass is 514 g/mol. The SMILES string of the molecule is Cc1ccc2cc(CCNC(=O)C(=O)c3cn(CC(=O)N4CCOCC4)c4ccccc34)c(=O)[nH]c2c1C. The highest BCUT2D eigenvalue weighted by Gasteiger charge is 2.23. The van der Waals surface area contributed by atoms with E-state index in [4.69, 9.17) is 4.74 Å². The summed E-state index contributed by atoms with van der Waals surface area (Å²) in [5.74, 6) is -1.50. The molecule has 9 heteroatoms. The lowest BCUT2D eigenvalue weighted by Crippen LogP contribution is -2.42. The van der Waals surface area contributed by atoms with Crippen molar-refractivity contribution in [3.63, 3.8) is 0 Å². The Kier molecular flexibility index (Phi) is 7.11. The third-order valence-electron chi connectivity index (χ3n) is 7.22. The molecule has 0 atom stereocenters. The number of ketones is 1. The zero-order valence-electron chi connectivity index (χ0n) is 21.5. The summed E-state index contributed by atoms with van der Waals surface area (Å²) in [6.07, 6.45) is 1.86. The van der Waals surface area contributed by atoms with Crippen LogP contribution in [0.25, 0.3) is 21.8 Å². The summed E-state index contributed by atoms with van der Waals surface area (Å²) in [6, 6.07) is 13.0. The number of H-pyrrole nitrogens is 1. The fourth-order valence-corrected chi connectivity index (χ4v) is 4.89. The number of aromatic nitrogens is 2. The number of nitrogens with zero attached hydrogens (tertiary/aromatic N) is 2. The number of hydrogen-bond donors (Lipinski definition) is 2. The summed E-state index contributed by atoms with van der Waals surface area (Å²) in [5.41, 5.74) is 4.20. The molecule has 0 spiro atoms. The maximum Gasteiger partial charge on any atom is 0.292 e. The quantitative estimate of drug-likeness (QED) is 0.291. The first kappa shape index (κ1) is 25.4. The van der Waals surface area contributed by atoms with Crippen molar-refractivity contribution >= 4 is 39.4 Å². The van der Waals surface area contributed by atoms with E-state index in [0.717, 1.165) is 22.0 Å². The Morgan fingerprint density at radius 2 is 1.82 bits per heavy atom. The maximum absolute atomic E-state index is 13.1. The Hall–Kier alpha value is -4.24. The number of amides is 2. The van der Waals surface area contributed by atoms with E-state index in [1.54, 1.807) is 27.8 Å². The molecule has 9 nitrogen and oxygen atoms in total. The van der Waals surface area contributed by atoms with Crippen LogP contribution in [0.3, 0.4) is 0 Å². The Morgan fingerprint density at radius 3 is 2.61 bits per heavy atom. The van der Waals surface area contributed by atoms with Gasteiger partial charge in [0.05, 0.1) is 24.3 Å². The molecule has 0 radical (unpaired) electrons. The fourth-order valence-electron chi connectivity index (χ4n) is 4.89. The van der Waals surface area contributed by atoms with Gasteiger partial charge in [-0.15, -0.1) is 0 Å². The van der Waals surface area contributed by atoms with Gasteiger partial charge in [-0.1, -0.05) is 30.3 Å². The number of morpholine rings is 1. The standard InChI is InChI=1S/C29H30N4O5/c1-18-7-8-20-15-21(28(36)31-26(20)19(18)2)9-10-30-29(37)27(35)23-16-33(24-6-4-3-5-22(23)24)17-25(34)32-11-13-38-14-12-32/h3-8,15-16H,9-14,17H2,1-2H3,(H,30,37)(H,31,36). The molecule has 1 aliphatic rings. The summed E-state index contributed by atoms with van der Waals surface area (Å²) in [5, 5.41) is 4.18. The third-order valence-corrected chi connectivity index (χ3v) is 7.22. The molecule has 2 N–H and O–H groups in total. The van der Waals surface area contributed by atoms with Gasteiger partial charge in [-0.25, -0.2) is 0 Å². The highest BCUT2D eigenvalue weighted by atomic mass is 16.5. The average molecular weight is 515 g/mol. The molecule has 0 saturated carbocycles. The molecule has 4 aromatic rings. The summed E-state index contributed by atoms with van der Waals surface area (Å²) in [7, 11) is 0. The highest BCUT2D eigenvalue weighted by Crippen LogP contribution is 2.23. The van der Waals surface area contributed by atoms with E-state index < -0.39 is 11.7 Å². The van der Waals surface area contributed by atoms with Crippen molar-refractivity contribution in [3.8, 4) is 0 Å². The second-order valence-electron chi connectivity index (χ2n) is 9.61. The van der Waals surface area contributed by atoms with E-state index in [-0.39, 0.29) is 36.5 Å². The fraction of sp³-hybridized carbons (Fsp3) is 0.310. The Balaban J connectivity index is 1.28. The third kappa shape index (κ3) is 4.97. The smallest absolute Gasteiger partial charge is 0.292 e. The molecule has 5 rings (SSSR count). The van der Waals surface area contributed by atoms with Crippen molar-refractivity contribution in [2.75, 3.05) is 32.8 Å². The van der Waals surface area contributed by atoms with Crippen molar-refractivity contribution in [2.24, 2.45) is 0 Å². The van der Waals surface area contributed by atoms with Gasteiger partial charge in [-0.2, -0.15) is 0 Å². The van der Waals surface area contributed by atoms with Gasteiger partial charge in [0.1, 0.15) is 6.54 Å². The molecule has 38 heavy (non-hydrogen) atoms. The average Bonchev–Trinajstić information content (AvgIpc) is 3.29. The van der Waals surface area contributed by atoms with Gasteiger partial charge < -0.3 is 24.5 Å². The minimum absolute atomic E-state index is 0.0662. The van der Waals surface area contributed by atoms with E-state index in [1.165, 1.54) is 0 Å². The van der Waals surface area contributed by atoms with Crippen LogP contribution in [0.2, 0.25) is 0 Å². The molecule has 2 aromatic carbocycles.